The van der Waals surface area contributed by atoms with Gasteiger partial charge >= 0.3 is 0 Å². The summed E-state index contributed by atoms with van der Waals surface area (Å²) in [5.74, 6) is 0.450. The van der Waals surface area contributed by atoms with Crippen molar-refractivity contribution in [2.24, 2.45) is 0 Å². The van der Waals surface area contributed by atoms with Crippen LogP contribution in [-0.2, 0) is 0 Å². The van der Waals surface area contributed by atoms with Gasteiger partial charge in [-0.25, -0.2) is 0 Å². The lowest BCUT2D eigenvalue weighted by Crippen LogP contribution is -2.37. The molecule has 1 aliphatic heterocycles. The number of nitro benzene ring substituents is 1. The SMILES string of the molecule is COc1cccc(C(CNC(=O)c2cc([N+](=O)[O-])ccc2N(C)C)N2CCCC2)c1. The van der Waals surface area contributed by atoms with Crippen LogP contribution in [0.15, 0.2) is 42.5 Å². The highest BCUT2D eigenvalue weighted by molar-refractivity contribution is 6.00. The Morgan fingerprint density at radius 1 is 1.23 bits per heavy atom. The summed E-state index contributed by atoms with van der Waals surface area (Å²) in [6, 6.07) is 12.2. The van der Waals surface area contributed by atoms with Gasteiger partial charge in [-0.1, -0.05) is 12.1 Å². The number of ether oxygens (including phenoxy) is 1. The Morgan fingerprint density at radius 2 is 1.97 bits per heavy atom. The predicted molar refractivity (Wildman–Crippen MR) is 116 cm³/mol. The van der Waals surface area contributed by atoms with Crippen molar-refractivity contribution >= 4 is 17.3 Å². The molecule has 1 aliphatic rings. The first-order valence-electron chi connectivity index (χ1n) is 10.0. The fraction of sp³-hybridized carbons (Fsp3) is 0.409. The Hall–Kier alpha value is -3.13. The molecule has 2 aromatic rings. The van der Waals surface area contributed by atoms with Gasteiger partial charge in [-0.3, -0.25) is 19.8 Å². The smallest absolute Gasteiger partial charge is 0.270 e. The molecule has 1 N–H and O–H groups in total. The molecule has 3 rings (SSSR count). The Morgan fingerprint density at radius 3 is 2.60 bits per heavy atom. The van der Waals surface area contributed by atoms with Gasteiger partial charge in [-0.2, -0.15) is 0 Å². The molecule has 0 bridgehead atoms. The number of hydrogen-bond acceptors (Lipinski definition) is 6. The van der Waals surface area contributed by atoms with Crippen LogP contribution in [0.3, 0.4) is 0 Å². The zero-order valence-electron chi connectivity index (χ0n) is 17.6. The first kappa shape index (κ1) is 21.6. The summed E-state index contributed by atoms with van der Waals surface area (Å²) in [5, 5.41) is 14.2. The molecule has 1 fully saturated rings. The van der Waals surface area contributed by atoms with Crippen molar-refractivity contribution in [2.45, 2.75) is 18.9 Å². The van der Waals surface area contributed by atoms with E-state index in [2.05, 4.69) is 10.2 Å². The second-order valence-corrected chi connectivity index (χ2v) is 7.60. The molecule has 1 atom stereocenters. The largest absolute Gasteiger partial charge is 0.497 e. The van der Waals surface area contributed by atoms with E-state index < -0.39 is 4.92 Å². The number of non-ortho nitro benzene ring substituents is 1. The molecule has 1 amide bonds. The van der Waals surface area contributed by atoms with Crippen LogP contribution in [0.5, 0.6) is 5.75 Å². The van der Waals surface area contributed by atoms with E-state index in [1.54, 1.807) is 32.2 Å². The second kappa shape index (κ2) is 9.58. The normalized spacial score (nSPS) is 14.9. The quantitative estimate of drug-likeness (QED) is 0.529. The number of nitrogens with one attached hydrogen (secondary N) is 1. The maximum Gasteiger partial charge on any atom is 0.270 e. The lowest BCUT2D eigenvalue weighted by atomic mass is 10.0. The summed E-state index contributed by atoms with van der Waals surface area (Å²) in [4.78, 5) is 27.8. The molecule has 2 aromatic carbocycles. The van der Waals surface area contributed by atoms with Crippen LogP contribution in [-0.4, -0.2) is 56.6 Å². The van der Waals surface area contributed by atoms with Gasteiger partial charge in [0.15, 0.2) is 0 Å². The fourth-order valence-electron chi connectivity index (χ4n) is 3.85. The fourth-order valence-corrected chi connectivity index (χ4v) is 3.85. The van der Waals surface area contributed by atoms with Crippen LogP contribution in [0, 0.1) is 10.1 Å². The van der Waals surface area contributed by atoms with Crippen molar-refractivity contribution in [1.82, 2.24) is 10.2 Å². The number of anilines is 1. The van der Waals surface area contributed by atoms with Gasteiger partial charge in [0, 0.05) is 38.5 Å². The van der Waals surface area contributed by atoms with Crippen molar-refractivity contribution in [3.8, 4) is 5.75 Å². The summed E-state index contributed by atoms with van der Waals surface area (Å²) < 4.78 is 5.37. The molecular weight excluding hydrogens is 384 g/mol. The maximum atomic E-state index is 13.0. The molecular formula is C22H28N4O4. The Labute approximate surface area is 176 Å². The molecule has 8 nitrogen and oxygen atoms in total. The predicted octanol–water partition coefficient (Wildman–Crippen LogP) is 3.24. The molecule has 8 heteroatoms. The van der Waals surface area contributed by atoms with Crippen LogP contribution < -0.4 is 15.0 Å². The average molecular weight is 412 g/mol. The second-order valence-electron chi connectivity index (χ2n) is 7.60. The molecule has 0 aliphatic carbocycles. The van der Waals surface area contributed by atoms with Gasteiger partial charge in [-0.15, -0.1) is 0 Å². The number of nitro groups is 1. The topological polar surface area (TPSA) is 87.9 Å². The van der Waals surface area contributed by atoms with E-state index in [9.17, 15) is 14.9 Å². The third kappa shape index (κ3) is 4.88. The Balaban J connectivity index is 1.84. The zero-order valence-corrected chi connectivity index (χ0v) is 17.6. The number of methoxy groups -OCH3 is 1. The molecule has 0 radical (unpaired) electrons. The number of carbonyl (C=O) groups is 1. The van der Waals surface area contributed by atoms with Gasteiger partial charge in [0.25, 0.3) is 11.6 Å². The number of nitrogens with zero attached hydrogens (tertiary/aromatic N) is 3. The highest BCUT2D eigenvalue weighted by Crippen LogP contribution is 2.28. The van der Waals surface area contributed by atoms with E-state index in [1.165, 1.54) is 12.1 Å². The van der Waals surface area contributed by atoms with Crippen LogP contribution in [0.1, 0.15) is 34.8 Å². The minimum atomic E-state index is -0.487. The lowest BCUT2D eigenvalue weighted by molar-refractivity contribution is -0.384. The molecule has 0 aromatic heterocycles. The summed E-state index contributed by atoms with van der Waals surface area (Å²) in [7, 11) is 5.25. The summed E-state index contributed by atoms with van der Waals surface area (Å²) in [6.45, 7) is 2.34. The van der Waals surface area contributed by atoms with Crippen molar-refractivity contribution in [3.63, 3.8) is 0 Å². The Bertz CT molecular complexity index is 910. The summed E-state index contributed by atoms with van der Waals surface area (Å²) in [6.07, 6.45) is 2.26. The van der Waals surface area contributed by atoms with Crippen molar-refractivity contribution in [2.75, 3.05) is 45.7 Å². The first-order chi connectivity index (χ1) is 14.4. The van der Waals surface area contributed by atoms with E-state index >= 15 is 0 Å². The van der Waals surface area contributed by atoms with Crippen LogP contribution in [0.4, 0.5) is 11.4 Å². The highest BCUT2D eigenvalue weighted by atomic mass is 16.6. The number of hydrogen-bond donors (Lipinski definition) is 1. The highest BCUT2D eigenvalue weighted by Gasteiger charge is 2.25. The van der Waals surface area contributed by atoms with Crippen molar-refractivity contribution in [3.05, 3.63) is 63.7 Å². The van der Waals surface area contributed by atoms with E-state index in [4.69, 9.17) is 4.74 Å². The minimum Gasteiger partial charge on any atom is -0.497 e. The van der Waals surface area contributed by atoms with Gasteiger partial charge in [0.2, 0.25) is 0 Å². The minimum absolute atomic E-state index is 0.00746. The number of benzene rings is 2. The van der Waals surface area contributed by atoms with E-state index in [-0.39, 0.29) is 17.6 Å². The third-order valence-electron chi connectivity index (χ3n) is 5.43. The van der Waals surface area contributed by atoms with Crippen molar-refractivity contribution in [1.29, 1.82) is 0 Å². The molecule has 1 saturated heterocycles. The van der Waals surface area contributed by atoms with Gasteiger partial charge in [-0.05, 0) is 49.7 Å². The molecule has 30 heavy (non-hydrogen) atoms. The molecule has 0 saturated carbocycles. The lowest BCUT2D eigenvalue weighted by Gasteiger charge is -2.28. The van der Waals surface area contributed by atoms with Crippen LogP contribution in [0.25, 0.3) is 0 Å². The van der Waals surface area contributed by atoms with E-state index in [0.717, 1.165) is 37.2 Å². The van der Waals surface area contributed by atoms with E-state index in [1.807, 2.05) is 24.3 Å². The van der Waals surface area contributed by atoms with Gasteiger partial charge in [0.05, 0.1) is 23.6 Å². The third-order valence-corrected chi connectivity index (χ3v) is 5.43. The maximum absolute atomic E-state index is 13.0. The Kier molecular flexibility index (Phi) is 6.89. The monoisotopic (exact) mass is 412 g/mol. The van der Waals surface area contributed by atoms with Crippen LogP contribution >= 0.6 is 0 Å². The van der Waals surface area contributed by atoms with Crippen LogP contribution in [0.2, 0.25) is 0 Å². The summed E-state index contributed by atoms with van der Waals surface area (Å²) >= 11 is 0. The molecule has 160 valence electrons. The number of amides is 1. The molecule has 0 spiro atoms. The number of carbonyl (C=O) groups excluding carboxylic acids is 1. The number of likely N-dealkylation sites (tertiary alicyclic amines) is 1. The van der Waals surface area contributed by atoms with Crippen molar-refractivity contribution < 1.29 is 14.5 Å². The molecule has 1 unspecified atom stereocenters. The number of rotatable bonds is 8. The standard InChI is InChI=1S/C22H28N4O4/c1-24(2)20-10-9-17(26(28)29)14-19(20)22(27)23-15-21(25-11-4-5-12-25)16-7-6-8-18(13-16)30-3/h6-10,13-14,21H,4-5,11-12,15H2,1-3H3,(H,23,27). The average Bonchev–Trinajstić information content (AvgIpc) is 3.27. The summed E-state index contributed by atoms with van der Waals surface area (Å²) in [5.41, 5.74) is 1.90. The van der Waals surface area contributed by atoms with Gasteiger partial charge in [0.1, 0.15) is 5.75 Å². The van der Waals surface area contributed by atoms with E-state index in [0.29, 0.717) is 17.8 Å². The molecule has 1 heterocycles. The zero-order chi connectivity index (χ0) is 21.7. The van der Waals surface area contributed by atoms with Gasteiger partial charge < -0.3 is 15.0 Å². The first-order valence-corrected chi connectivity index (χ1v) is 10.0.